The first kappa shape index (κ1) is 21.4. The molecule has 31 heavy (non-hydrogen) atoms. The minimum Gasteiger partial charge on any atom is -0.494 e. The summed E-state index contributed by atoms with van der Waals surface area (Å²) in [6.07, 6.45) is 0.210. The summed E-state index contributed by atoms with van der Waals surface area (Å²) in [5.74, 6) is -0.0765. The van der Waals surface area contributed by atoms with Crippen molar-refractivity contribution >= 4 is 61.3 Å². The molecule has 1 atom stereocenters. The van der Waals surface area contributed by atoms with Crippen LogP contribution in [0, 0.1) is 0 Å². The van der Waals surface area contributed by atoms with Gasteiger partial charge >= 0.3 is 0 Å². The van der Waals surface area contributed by atoms with Crippen molar-refractivity contribution in [3.8, 4) is 5.75 Å². The number of amides is 1. The molecule has 0 radical (unpaired) electrons. The van der Waals surface area contributed by atoms with Crippen LogP contribution in [0.25, 0.3) is 10.2 Å². The molecule has 158 valence electrons. The highest BCUT2D eigenvalue weighted by atomic mass is 35.5. The third-order valence-corrected chi connectivity index (χ3v) is 6.53. The van der Waals surface area contributed by atoms with Crippen LogP contribution in [0.5, 0.6) is 5.75 Å². The van der Waals surface area contributed by atoms with E-state index in [1.54, 1.807) is 36.2 Å². The van der Waals surface area contributed by atoms with Gasteiger partial charge in [0.05, 0.1) is 23.2 Å². The number of nitrogens with one attached hydrogen (secondary N) is 1. The Bertz CT molecular complexity index is 1250. The number of anilines is 1. The highest BCUT2D eigenvalue weighted by molar-refractivity contribution is 7.22. The number of nitrogens with zero attached hydrogens (tertiary/aromatic N) is 2. The normalized spacial score (nSPS) is 12.0. The van der Waals surface area contributed by atoms with E-state index in [1.807, 2.05) is 25.1 Å². The van der Waals surface area contributed by atoms with Gasteiger partial charge in [-0.2, -0.15) is 0 Å². The molecule has 2 aromatic carbocycles. The van der Waals surface area contributed by atoms with Crippen molar-refractivity contribution in [1.82, 2.24) is 9.97 Å². The number of rotatable bonds is 7. The van der Waals surface area contributed by atoms with Crippen molar-refractivity contribution < 1.29 is 14.3 Å². The molecule has 2 aromatic heterocycles. The van der Waals surface area contributed by atoms with Gasteiger partial charge in [-0.15, -0.1) is 11.3 Å². The first-order valence-electron chi connectivity index (χ1n) is 9.39. The van der Waals surface area contributed by atoms with E-state index in [4.69, 9.17) is 16.3 Å². The Morgan fingerprint density at radius 3 is 2.81 bits per heavy atom. The van der Waals surface area contributed by atoms with Crippen LogP contribution in [0.4, 0.5) is 5.13 Å². The number of Topliss-reactive ketones (excluding diaryl/α,β-unsaturated/α-hetero) is 1. The minimum absolute atomic E-state index is 0.0592. The third kappa shape index (κ3) is 4.76. The van der Waals surface area contributed by atoms with Crippen molar-refractivity contribution in [3.05, 3.63) is 69.1 Å². The molecular weight excluding hydrogens is 454 g/mol. The molecule has 4 rings (SSSR count). The van der Waals surface area contributed by atoms with Gasteiger partial charge in [0.2, 0.25) is 5.91 Å². The second-order valence-electron chi connectivity index (χ2n) is 6.90. The second-order valence-corrected chi connectivity index (χ2v) is 9.09. The van der Waals surface area contributed by atoms with Gasteiger partial charge in [0, 0.05) is 16.8 Å². The van der Waals surface area contributed by atoms with E-state index in [9.17, 15) is 9.59 Å². The van der Waals surface area contributed by atoms with E-state index in [0.29, 0.717) is 27.1 Å². The number of ketones is 1. The van der Waals surface area contributed by atoms with Crippen LogP contribution >= 0.6 is 34.3 Å². The summed E-state index contributed by atoms with van der Waals surface area (Å²) in [5.41, 5.74) is 4.36. The fourth-order valence-corrected chi connectivity index (χ4v) is 4.84. The average molecular weight is 472 g/mol. The molecule has 0 aliphatic rings. The van der Waals surface area contributed by atoms with Gasteiger partial charge < -0.3 is 10.1 Å². The summed E-state index contributed by atoms with van der Waals surface area (Å²) in [5, 5.41) is 5.67. The minimum atomic E-state index is -0.390. The Labute approximate surface area is 191 Å². The molecule has 0 saturated carbocycles. The van der Waals surface area contributed by atoms with Crippen LogP contribution in [-0.4, -0.2) is 28.8 Å². The van der Waals surface area contributed by atoms with E-state index >= 15 is 0 Å². The highest BCUT2D eigenvalue weighted by Gasteiger charge is 2.19. The van der Waals surface area contributed by atoms with Crippen LogP contribution in [0.2, 0.25) is 5.02 Å². The van der Waals surface area contributed by atoms with Gasteiger partial charge in [-0.25, -0.2) is 9.97 Å². The molecule has 0 saturated heterocycles. The zero-order valence-electron chi connectivity index (χ0n) is 16.7. The first-order valence-corrected chi connectivity index (χ1v) is 11.5. The lowest BCUT2D eigenvalue weighted by Gasteiger charge is -2.11. The van der Waals surface area contributed by atoms with Crippen LogP contribution in [0.3, 0.4) is 0 Å². The number of hydrogen-bond donors (Lipinski definition) is 1. The quantitative estimate of drug-likeness (QED) is 0.356. The standard InChI is InChI=1S/C22H18ClN3O3S2/c1-12(14-4-3-5-15(23)9-14)21(28)26-22-25-20-18(29-2)7-13(8-19(20)31-22)6-17(27)16-10-30-11-24-16/h3-5,7-12H,6H2,1-2H3,(H,25,26,28). The lowest BCUT2D eigenvalue weighted by molar-refractivity contribution is -0.117. The van der Waals surface area contributed by atoms with Crippen molar-refractivity contribution in [2.45, 2.75) is 19.3 Å². The monoisotopic (exact) mass is 471 g/mol. The Morgan fingerprint density at radius 2 is 2.10 bits per heavy atom. The number of aromatic nitrogens is 2. The summed E-state index contributed by atoms with van der Waals surface area (Å²) >= 11 is 8.76. The molecule has 0 bridgehead atoms. The third-order valence-electron chi connectivity index (χ3n) is 4.79. The predicted octanol–water partition coefficient (Wildman–Crippen LogP) is 5.58. The maximum atomic E-state index is 12.7. The molecule has 6 nitrogen and oxygen atoms in total. The average Bonchev–Trinajstić information content (AvgIpc) is 3.42. The summed E-state index contributed by atoms with van der Waals surface area (Å²) in [6, 6.07) is 10.9. The van der Waals surface area contributed by atoms with Gasteiger partial charge in [-0.3, -0.25) is 9.59 Å². The van der Waals surface area contributed by atoms with Crippen LogP contribution < -0.4 is 10.1 Å². The van der Waals surface area contributed by atoms with E-state index in [2.05, 4.69) is 15.3 Å². The maximum Gasteiger partial charge on any atom is 0.233 e. The van der Waals surface area contributed by atoms with Crippen molar-refractivity contribution in [3.63, 3.8) is 0 Å². The largest absolute Gasteiger partial charge is 0.494 e. The number of methoxy groups -OCH3 is 1. The number of fused-ring (bicyclic) bond motifs is 1. The molecule has 0 aliphatic heterocycles. The predicted molar refractivity (Wildman–Crippen MR) is 125 cm³/mol. The van der Waals surface area contributed by atoms with Crippen LogP contribution in [0.1, 0.15) is 34.5 Å². The second kappa shape index (κ2) is 9.13. The topological polar surface area (TPSA) is 81.2 Å². The molecular formula is C22H18ClN3O3S2. The molecule has 1 N–H and O–H groups in total. The summed E-state index contributed by atoms with van der Waals surface area (Å²) in [6.45, 7) is 1.82. The van der Waals surface area contributed by atoms with Gasteiger partial charge in [0.25, 0.3) is 0 Å². The Hall–Kier alpha value is -2.81. The fraction of sp³-hybridized carbons (Fsp3) is 0.182. The molecule has 1 unspecified atom stereocenters. The first-order chi connectivity index (χ1) is 14.9. The van der Waals surface area contributed by atoms with Crippen molar-refractivity contribution in [1.29, 1.82) is 0 Å². The summed E-state index contributed by atoms with van der Waals surface area (Å²) in [4.78, 5) is 33.8. The number of carbonyl (C=O) groups excluding carboxylic acids is 2. The number of benzene rings is 2. The van der Waals surface area contributed by atoms with Gasteiger partial charge in [-0.05, 0) is 42.3 Å². The van der Waals surface area contributed by atoms with Gasteiger partial charge in [-0.1, -0.05) is 35.1 Å². The molecule has 4 aromatic rings. The lowest BCUT2D eigenvalue weighted by Crippen LogP contribution is -2.18. The van der Waals surface area contributed by atoms with Gasteiger partial charge in [0.1, 0.15) is 17.0 Å². The number of carbonyl (C=O) groups is 2. The Morgan fingerprint density at radius 1 is 1.26 bits per heavy atom. The SMILES string of the molecule is COc1cc(CC(=O)c2cscn2)cc2sc(NC(=O)C(C)c3cccc(Cl)c3)nc12. The molecule has 0 fully saturated rings. The lowest BCUT2D eigenvalue weighted by atomic mass is 10.0. The summed E-state index contributed by atoms with van der Waals surface area (Å²) < 4.78 is 6.31. The van der Waals surface area contributed by atoms with Crippen LogP contribution in [-0.2, 0) is 11.2 Å². The number of thiazole rings is 2. The number of ether oxygens (including phenoxy) is 1. The van der Waals surface area contributed by atoms with E-state index < -0.39 is 0 Å². The molecule has 0 aliphatic carbocycles. The fourth-order valence-electron chi connectivity index (χ4n) is 3.13. The zero-order chi connectivity index (χ0) is 22.0. The molecule has 0 spiro atoms. The van der Waals surface area contributed by atoms with E-state index in [-0.39, 0.29) is 24.0 Å². The van der Waals surface area contributed by atoms with Crippen molar-refractivity contribution in [2.75, 3.05) is 12.4 Å². The van der Waals surface area contributed by atoms with E-state index in [0.717, 1.165) is 15.8 Å². The number of halogens is 1. The van der Waals surface area contributed by atoms with Gasteiger partial charge in [0.15, 0.2) is 10.9 Å². The molecule has 9 heteroatoms. The smallest absolute Gasteiger partial charge is 0.233 e. The van der Waals surface area contributed by atoms with Crippen molar-refractivity contribution in [2.24, 2.45) is 0 Å². The Balaban J connectivity index is 1.57. The number of hydrogen-bond acceptors (Lipinski definition) is 7. The highest BCUT2D eigenvalue weighted by Crippen LogP contribution is 2.34. The maximum absolute atomic E-state index is 12.7. The summed E-state index contributed by atoms with van der Waals surface area (Å²) in [7, 11) is 1.56. The van der Waals surface area contributed by atoms with Crippen LogP contribution in [0.15, 0.2) is 47.3 Å². The molecule has 1 amide bonds. The zero-order valence-corrected chi connectivity index (χ0v) is 19.1. The molecule has 2 heterocycles. The van der Waals surface area contributed by atoms with E-state index in [1.165, 1.54) is 22.7 Å². The Kier molecular flexibility index (Phi) is 6.31.